The number of guanidine groups is 1. The summed E-state index contributed by atoms with van der Waals surface area (Å²) in [5.74, 6) is -0.0632. The Labute approximate surface area is 125 Å². The standard InChI is InChI=1S/C16H23N3O2/c1-16(20-9-10-21-16)7-8-18-15(17)19-14-6-5-12-3-2-4-13(12)11-14/h5-6,11H,2-4,7-10H2,1H3,(H3,17,18,19). The monoisotopic (exact) mass is 289 g/mol. The van der Waals surface area contributed by atoms with Crippen molar-refractivity contribution >= 4 is 11.6 Å². The largest absolute Gasteiger partial charge is 0.370 e. The van der Waals surface area contributed by atoms with Crippen molar-refractivity contribution in [2.24, 2.45) is 10.7 Å². The number of benzene rings is 1. The van der Waals surface area contributed by atoms with Crippen molar-refractivity contribution in [3.8, 4) is 0 Å². The van der Waals surface area contributed by atoms with Crippen LogP contribution in [0.3, 0.4) is 0 Å². The summed E-state index contributed by atoms with van der Waals surface area (Å²) in [6.07, 6.45) is 4.31. The molecule has 1 aliphatic heterocycles. The highest BCUT2D eigenvalue weighted by Crippen LogP contribution is 2.25. The fourth-order valence-corrected chi connectivity index (χ4v) is 2.92. The Morgan fingerprint density at radius 2 is 2.05 bits per heavy atom. The molecule has 1 heterocycles. The second kappa shape index (κ2) is 6.03. The first-order chi connectivity index (χ1) is 10.1. The summed E-state index contributed by atoms with van der Waals surface area (Å²) < 4.78 is 11.1. The summed E-state index contributed by atoms with van der Waals surface area (Å²) in [4.78, 5) is 4.34. The van der Waals surface area contributed by atoms with E-state index in [2.05, 4.69) is 28.5 Å². The predicted molar refractivity (Wildman–Crippen MR) is 83.5 cm³/mol. The molecule has 1 aliphatic carbocycles. The SMILES string of the molecule is CC1(CCN=C(N)Nc2ccc3c(c2)CCC3)OCCO1. The summed E-state index contributed by atoms with van der Waals surface area (Å²) in [5, 5.41) is 3.16. The van der Waals surface area contributed by atoms with Crippen LogP contribution >= 0.6 is 0 Å². The molecule has 0 aromatic heterocycles. The zero-order chi connectivity index (χ0) is 14.7. The minimum atomic E-state index is -0.503. The van der Waals surface area contributed by atoms with E-state index >= 15 is 0 Å². The smallest absolute Gasteiger partial charge is 0.193 e. The van der Waals surface area contributed by atoms with Gasteiger partial charge in [0, 0.05) is 18.7 Å². The van der Waals surface area contributed by atoms with Crippen LogP contribution in [0.4, 0.5) is 5.69 Å². The molecule has 0 spiro atoms. The Hall–Kier alpha value is -1.59. The number of hydrogen-bond acceptors (Lipinski definition) is 3. The van der Waals surface area contributed by atoms with Gasteiger partial charge in [-0.3, -0.25) is 4.99 Å². The molecular weight excluding hydrogens is 266 g/mol. The quantitative estimate of drug-likeness (QED) is 0.657. The molecule has 0 saturated carbocycles. The van der Waals surface area contributed by atoms with E-state index in [0.29, 0.717) is 32.1 Å². The molecule has 1 aromatic rings. The van der Waals surface area contributed by atoms with Crippen molar-refractivity contribution in [3.05, 3.63) is 29.3 Å². The molecule has 2 aliphatic rings. The minimum absolute atomic E-state index is 0.439. The Morgan fingerprint density at radius 3 is 2.86 bits per heavy atom. The third-order valence-corrected chi connectivity index (χ3v) is 4.12. The maximum Gasteiger partial charge on any atom is 0.193 e. The van der Waals surface area contributed by atoms with Crippen molar-refractivity contribution in [2.45, 2.75) is 38.4 Å². The third-order valence-electron chi connectivity index (χ3n) is 4.12. The summed E-state index contributed by atoms with van der Waals surface area (Å²) >= 11 is 0. The van der Waals surface area contributed by atoms with Crippen molar-refractivity contribution in [3.63, 3.8) is 0 Å². The first kappa shape index (κ1) is 14.4. The first-order valence-corrected chi connectivity index (χ1v) is 7.61. The lowest BCUT2D eigenvalue weighted by Crippen LogP contribution is -2.28. The van der Waals surface area contributed by atoms with Crippen LogP contribution in [0.25, 0.3) is 0 Å². The number of fused-ring (bicyclic) bond motifs is 1. The lowest BCUT2D eigenvalue weighted by Gasteiger charge is -2.20. The van der Waals surface area contributed by atoms with Gasteiger partial charge in [0.05, 0.1) is 13.2 Å². The van der Waals surface area contributed by atoms with Crippen LogP contribution in [0.5, 0.6) is 0 Å². The van der Waals surface area contributed by atoms with Gasteiger partial charge in [-0.05, 0) is 49.4 Å². The highest BCUT2D eigenvalue weighted by atomic mass is 16.7. The minimum Gasteiger partial charge on any atom is -0.370 e. The van der Waals surface area contributed by atoms with Crippen LogP contribution in [0, 0.1) is 0 Å². The summed E-state index contributed by atoms with van der Waals surface area (Å²) in [6.45, 7) is 3.84. The van der Waals surface area contributed by atoms with E-state index in [1.807, 2.05) is 6.92 Å². The summed E-state index contributed by atoms with van der Waals surface area (Å²) in [5.41, 5.74) is 9.83. The maximum absolute atomic E-state index is 5.94. The molecule has 21 heavy (non-hydrogen) atoms. The number of hydrogen-bond donors (Lipinski definition) is 2. The molecule has 3 N–H and O–H groups in total. The highest BCUT2D eigenvalue weighted by Gasteiger charge is 2.30. The van der Waals surface area contributed by atoms with Crippen molar-refractivity contribution in [1.29, 1.82) is 0 Å². The fraction of sp³-hybridized carbons (Fsp3) is 0.562. The van der Waals surface area contributed by atoms with Crippen LogP contribution in [0.1, 0.15) is 30.9 Å². The van der Waals surface area contributed by atoms with Gasteiger partial charge >= 0.3 is 0 Å². The van der Waals surface area contributed by atoms with E-state index in [1.54, 1.807) is 0 Å². The molecule has 1 saturated heterocycles. The Morgan fingerprint density at radius 1 is 1.29 bits per heavy atom. The Bertz CT molecular complexity index is 536. The summed E-state index contributed by atoms with van der Waals surface area (Å²) in [7, 11) is 0. The van der Waals surface area contributed by atoms with Gasteiger partial charge in [0.1, 0.15) is 0 Å². The van der Waals surface area contributed by atoms with Gasteiger partial charge in [0.2, 0.25) is 0 Å². The highest BCUT2D eigenvalue weighted by molar-refractivity contribution is 5.92. The molecule has 114 valence electrons. The molecule has 1 aromatic carbocycles. The van der Waals surface area contributed by atoms with E-state index in [-0.39, 0.29) is 0 Å². The lowest BCUT2D eigenvalue weighted by atomic mass is 10.1. The van der Waals surface area contributed by atoms with Crippen LogP contribution in [-0.2, 0) is 22.3 Å². The van der Waals surface area contributed by atoms with Crippen molar-refractivity contribution in [2.75, 3.05) is 25.1 Å². The molecule has 0 amide bonds. The predicted octanol–water partition coefficient (Wildman–Crippen LogP) is 2.06. The number of aliphatic imine (C=N–C) groups is 1. The van der Waals surface area contributed by atoms with E-state index in [1.165, 1.54) is 24.0 Å². The first-order valence-electron chi connectivity index (χ1n) is 7.61. The number of rotatable bonds is 4. The number of nitrogens with one attached hydrogen (secondary N) is 1. The van der Waals surface area contributed by atoms with Gasteiger partial charge in [0.15, 0.2) is 11.7 Å². The average molecular weight is 289 g/mol. The van der Waals surface area contributed by atoms with E-state index in [9.17, 15) is 0 Å². The zero-order valence-electron chi connectivity index (χ0n) is 12.5. The number of aryl methyl sites for hydroxylation is 2. The molecule has 0 radical (unpaired) electrons. The summed E-state index contributed by atoms with van der Waals surface area (Å²) in [6, 6.07) is 6.42. The molecule has 0 atom stereocenters. The van der Waals surface area contributed by atoms with E-state index in [4.69, 9.17) is 15.2 Å². The third kappa shape index (κ3) is 3.54. The number of nitrogens with zero attached hydrogens (tertiary/aromatic N) is 1. The van der Waals surface area contributed by atoms with Crippen LogP contribution in [-0.4, -0.2) is 31.5 Å². The Kier molecular flexibility index (Phi) is 4.12. The number of nitrogens with two attached hydrogens (primary N) is 1. The van der Waals surface area contributed by atoms with Gasteiger partial charge in [-0.1, -0.05) is 6.07 Å². The van der Waals surface area contributed by atoms with E-state index in [0.717, 1.165) is 12.1 Å². The van der Waals surface area contributed by atoms with Crippen LogP contribution in [0.2, 0.25) is 0 Å². The van der Waals surface area contributed by atoms with Crippen LogP contribution in [0.15, 0.2) is 23.2 Å². The average Bonchev–Trinajstić information content (AvgIpc) is 3.07. The van der Waals surface area contributed by atoms with Gasteiger partial charge in [-0.15, -0.1) is 0 Å². The van der Waals surface area contributed by atoms with E-state index < -0.39 is 5.79 Å². The fourth-order valence-electron chi connectivity index (χ4n) is 2.92. The van der Waals surface area contributed by atoms with Gasteiger partial charge in [0.25, 0.3) is 0 Å². The molecule has 1 fully saturated rings. The van der Waals surface area contributed by atoms with Crippen molar-refractivity contribution < 1.29 is 9.47 Å². The number of ether oxygens (including phenoxy) is 2. The molecule has 3 rings (SSSR count). The Balaban J connectivity index is 1.53. The van der Waals surface area contributed by atoms with Gasteiger partial charge in [-0.25, -0.2) is 0 Å². The molecule has 5 heteroatoms. The maximum atomic E-state index is 5.94. The normalized spacial score (nSPS) is 20.5. The van der Waals surface area contributed by atoms with Gasteiger partial charge in [-0.2, -0.15) is 0 Å². The molecular formula is C16H23N3O2. The number of anilines is 1. The second-order valence-corrected chi connectivity index (χ2v) is 5.81. The second-order valence-electron chi connectivity index (χ2n) is 5.81. The van der Waals surface area contributed by atoms with Crippen molar-refractivity contribution in [1.82, 2.24) is 0 Å². The van der Waals surface area contributed by atoms with Crippen LogP contribution < -0.4 is 11.1 Å². The molecule has 5 nitrogen and oxygen atoms in total. The molecule has 0 unspecified atom stereocenters. The lowest BCUT2D eigenvalue weighted by molar-refractivity contribution is -0.144. The zero-order valence-corrected chi connectivity index (χ0v) is 12.5. The topological polar surface area (TPSA) is 68.9 Å². The van der Waals surface area contributed by atoms with Gasteiger partial charge < -0.3 is 20.5 Å². The molecule has 0 bridgehead atoms.